The molecule has 5 rings (SSSR count). The van der Waals surface area contributed by atoms with E-state index in [0.29, 0.717) is 34.0 Å². The number of aromatic amines is 1. The molecule has 1 aliphatic heterocycles. The highest BCUT2D eigenvalue weighted by atomic mass is 19.1. The summed E-state index contributed by atoms with van der Waals surface area (Å²) in [4.78, 5) is 32.2. The van der Waals surface area contributed by atoms with Gasteiger partial charge >= 0.3 is 5.69 Å². The molecule has 0 amide bonds. The van der Waals surface area contributed by atoms with E-state index < -0.39 is 12.0 Å². The Hall–Kier alpha value is -3.69. The smallest absolute Gasteiger partial charge is 0.303 e. The average Bonchev–Trinajstić information content (AvgIpc) is 3.24. The second kappa shape index (κ2) is 6.19. The number of allylic oxidation sites excluding steroid dienone is 1. The molecule has 0 spiro atoms. The lowest BCUT2D eigenvalue weighted by Crippen LogP contribution is -2.23. The standard InChI is InChI=1S/C18H13F2N7O/c19-10-1-3-12(21-5-10)9-27-17-13(24-18(27)28)6-23-16(25-17)14-7-22-15-4-2-11(20)8-26(14)15/h1-4,6-8,10H,5,9H2,(H,24,28). The highest BCUT2D eigenvalue weighted by Gasteiger charge is 2.16. The van der Waals surface area contributed by atoms with E-state index in [1.165, 1.54) is 29.1 Å². The Morgan fingerprint density at radius 2 is 2.14 bits per heavy atom. The van der Waals surface area contributed by atoms with Gasteiger partial charge in [-0.3, -0.25) is 14.0 Å². The first-order valence-corrected chi connectivity index (χ1v) is 8.52. The van der Waals surface area contributed by atoms with E-state index in [1.54, 1.807) is 22.7 Å². The Morgan fingerprint density at radius 1 is 1.25 bits per heavy atom. The van der Waals surface area contributed by atoms with Crippen LogP contribution in [0, 0.1) is 5.82 Å². The number of hydrogen-bond donors (Lipinski definition) is 1. The van der Waals surface area contributed by atoms with Crippen molar-refractivity contribution in [3.8, 4) is 11.5 Å². The molecule has 0 bridgehead atoms. The van der Waals surface area contributed by atoms with Gasteiger partial charge in [-0.1, -0.05) is 0 Å². The Bertz CT molecular complexity index is 1330. The monoisotopic (exact) mass is 381 g/mol. The summed E-state index contributed by atoms with van der Waals surface area (Å²) >= 11 is 0. The van der Waals surface area contributed by atoms with Crippen LogP contribution in [0.2, 0.25) is 0 Å². The maximum Gasteiger partial charge on any atom is 0.328 e. The van der Waals surface area contributed by atoms with Crippen molar-refractivity contribution >= 4 is 22.5 Å². The molecule has 4 aromatic heterocycles. The van der Waals surface area contributed by atoms with Crippen molar-refractivity contribution < 1.29 is 8.78 Å². The van der Waals surface area contributed by atoms with E-state index in [9.17, 15) is 13.6 Å². The summed E-state index contributed by atoms with van der Waals surface area (Å²) in [6, 6.07) is 2.87. The fourth-order valence-electron chi connectivity index (χ4n) is 3.13. The van der Waals surface area contributed by atoms with Gasteiger partial charge in [-0.05, 0) is 24.3 Å². The molecule has 0 aliphatic carbocycles. The third-order valence-electron chi connectivity index (χ3n) is 4.50. The SMILES string of the molecule is O=c1[nH]c2cnc(-c3cnc4ccc(F)cn34)nc2n1CC1=NCC(F)C=C1. The number of hydrogen-bond acceptors (Lipinski definition) is 5. The van der Waals surface area contributed by atoms with E-state index in [-0.39, 0.29) is 18.8 Å². The van der Waals surface area contributed by atoms with E-state index in [4.69, 9.17) is 0 Å². The number of nitrogens with one attached hydrogen (secondary N) is 1. The third kappa shape index (κ3) is 2.70. The van der Waals surface area contributed by atoms with Crippen molar-refractivity contribution in [2.75, 3.05) is 6.54 Å². The lowest BCUT2D eigenvalue weighted by molar-refractivity contribution is 0.406. The molecule has 28 heavy (non-hydrogen) atoms. The first kappa shape index (κ1) is 16.5. The quantitative estimate of drug-likeness (QED) is 0.587. The van der Waals surface area contributed by atoms with Crippen LogP contribution in [0.25, 0.3) is 28.3 Å². The topological polar surface area (TPSA) is 93.2 Å². The molecule has 1 unspecified atom stereocenters. The lowest BCUT2D eigenvalue weighted by Gasteiger charge is -2.09. The summed E-state index contributed by atoms with van der Waals surface area (Å²) in [5.74, 6) is -0.122. The van der Waals surface area contributed by atoms with Gasteiger partial charge in [-0.2, -0.15) is 0 Å². The minimum Gasteiger partial charge on any atom is -0.303 e. The van der Waals surface area contributed by atoms with Crippen molar-refractivity contribution in [1.82, 2.24) is 28.9 Å². The number of nitrogens with zero attached hydrogens (tertiary/aromatic N) is 6. The Labute approximate surface area is 155 Å². The minimum atomic E-state index is -1.10. The molecule has 140 valence electrons. The molecule has 5 heterocycles. The molecule has 1 atom stereocenters. The maximum absolute atomic E-state index is 13.6. The average molecular weight is 381 g/mol. The number of aromatic nitrogens is 6. The molecular formula is C18H13F2N7O. The number of imidazole rings is 2. The summed E-state index contributed by atoms with van der Waals surface area (Å²) in [5, 5.41) is 0. The van der Waals surface area contributed by atoms with E-state index >= 15 is 0 Å². The first-order chi connectivity index (χ1) is 13.6. The van der Waals surface area contributed by atoms with Crippen LogP contribution >= 0.6 is 0 Å². The zero-order valence-corrected chi connectivity index (χ0v) is 14.4. The van der Waals surface area contributed by atoms with Crippen molar-refractivity contribution in [2.24, 2.45) is 4.99 Å². The molecule has 0 radical (unpaired) electrons. The Balaban J connectivity index is 1.61. The summed E-state index contributed by atoms with van der Waals surface area (Å²) in [7, 11) is 0. The number of fused-ring (bicyclic) bond motifs is 2. The van der Waals surface area contributed by atoms with Gasteiger partial charge in [0, 0.05) is 6.20 Å². The highest BCUT2D eigenvalue weighted by Crippen LogP contribution is 2.19. The molecule has 10 heteroatoms. The summed E-state index contributed by atoms with van der Waals surface area (Å²) in [6.07, 6.45) is 6.20. The predicted octanol–water partition coefficient (Wildman–Crippen LogP) is 1.92. The van der Waals surface area contributed by atoms with Crippen molar-refractivity contribution in [2.45, 2.75) is 12.7 Å². The number of H-pyrrole nitrogens is 1. The van der Waals surface area contributed by atoms with Crippen LogP contribution < -0.4 is 5.69 Å². The lowest BCUT2D eigenvalue weighted by atomic mass is 10.2. The molecule has 0 fully saturated rings. The van der Waals surface area contributed by atoms with Crippen molar-refractivity contribution in [3.05, 3.63) is 59.2 Å². The Kier molecular flexibility index (Phi) is 3.64. The van der Waals surface area contributed by atoms with E-state index in [2.05, 4.69) is 24.9 Å². The predicted molar refractivity (Wildman–Crippen MR) is 98.6 cm³/mol. The van der Waals surface area contributed by atoms with Crippen LogP contribution in [0.1, 0.15) is 0 Å². The number of pyridine rings is 1. The molecule has 1 aliphatic rings. The van der Waals surface area contributed by atoms with Crippen LogP contribution in [0.4, 0.5) is 8.78 Å². The molecular weight excluding hydrogens is 368 g/mol. The first-order valence-electron chi connectivity index (χ1n) is 8.52. The van der Waals surface area contributed by atoms with Gasteiger partial charge in [0.25, 0.3) is 0 Å². The molecule has 4 aromatic rings. The zero-order valence-electron chi connectivity index (χ0n) is 14.4. The zero-order chi connectivity index (χ0) is 19.3. The van der Waals surface area contributed by atoms with Crippen LogP contribution in [0.15, 0.2) is 52.7 Å². The summed E-state index contributed by atoms with van der Waals surface area (Å²) < 4.78 is 29.8. The van der Waals surface area contributed by atoms with Crippen LogP contribution in [0.3, 0.4) is 0 Å². The molecule has 8 nitrogen and oxygen atoms in total. The number of alkyl halides is 1. The highest BCUT2D eigenvalue weighted by molar-refractivity contribution is 5.96. The van der Waals surface area contributed by atoms with Crippen LogP contribution in [0.5, 0.6) is 0 Å². The van der Waals surface area contributed by atoms with E-state index in [1.807, 2.05) is 0 Å². The van der Waals surface area contributed by atoms with Gasteiger partial charge in [0.15, 0.2) is 11.5 Å². The van der Waals surface area contributed by atoms with Crippen LogP contribution in [-0.2, 0) is 6.54 Å². The number of rotatable bonds is 3. The minimum absolute atomic E-state index is 0.0382. The fourth-order valence-corrected chi connectivity index (χ4v) is 3.13. The van der Waals surface area contributed by atoms with Gasteiger partial charge in [-0.15, -0.1) is 0 Å². The van der Waals surface area contributed by atoms with E-state index in [0.717, 1.165) is 0 Å². The molecule has 0 saturated carbocycles. The van der Waals surface area contributed by atoms with Gasteiger partial charge in [0.2, 0.25) is 0 Å². The fraction of sp³-hybridized carbons (Fsp3) is 0.167. The number of dihydropyridines is 1. The van der Waals surface area contributed by atoms with Crippen molar-refractivity contribution in [1.29, 1.82) is 0 Å². The second-order valence-electron chi connectivity index (χ2n) is 6.37. The summed E-state index contributed by atoms with van der Waals surface area (Å²) in [6.45, 7) is 0.191. The number of aliphatic imine (C=N–C) groups is 1. The molecule has 1 N–H and O–H groups in total. The summed E-state index contributed by atoms with van der Waals surface area (Å²) in [5.41, 5.74) is 2.08. The second-order valence-corrected chi connectivity index (χ2v) is 6.37. The normalized spacial score (nSPS) is 16.8. The molecule has 0 saturated heterocycles. The van der Waals surface area contributed by atoms with Gasteiger partial charge in [0.05, 0.1) is 31.2 Å². The molecule has 0 aromatic carbocycles. The third-order valence-corrected chi connectivity index (χ3v) is 4.50. The maximum atomic E-state index is 13.6. The van der Waals surface area contributed by atoms with Crippen LogP contribution in [-0.4, -0.2) is 47.3 Å². The van der Waals surface area contributed by atoms with Crippen molar-refractivity contribution in [3.63, 3.8) is 0 Å². The largest absolute Gasteiger partial charge is 0.328 e. The van der Waals surface area contributed by atoms with Gasteiger partial charge in [0.1, 0.15) is 28.8 Å². The Morgan fingerprint density at radius 3 is 2.96 bits per heavy atom. The van der Waals surface area contributed by atoms with Gasteiger partial charge in [-0.25, -0.2) is 28.5 Å². The number of halogens is 2. The van der Waals surface area contributed by atoms with Gasteiger partial charge < -0.3 is 4.98 Å².